The molecule has 2 aliphatic rings. The Morgan fingerprint density at radius 2 is 2.17 bits per heavy atom. The first-order chi connectivity index (χ1) is 11.3. The fourth-order valence-corrected chi connectivity index (χ4v) is 3.71. The first-order valence-electron chi connectivity index (χ1n) is 8.46. The quantitative estimate of drug-likeness (QED) is 0.913. The predicted molar refractivity (Wildman–Crippen MR) is 92.8 cm³/mol. The Balaban J connectivity index is 1.52. The number of rotatable bonds is 3. The van der Waals surface area contributed by atoms with E-state index >= 15 is 0 Å². The molecule has 0 bridgehead atoms. The van der Waals surface area contributed by atoms with Gasteiger partial charge in [0.25, 0.3) is 0 Å². The maximum Gasteiger partial charge on any atom is 0.181 e. The zero-order chi connectivity index (χ0) is 15.6. The first-order valence-corrected chi connectivity index (χ1v) is 8.46. The van der Waals surface area contributed by atoms with Crippen molar-refractivity contribution in [2.24, 2.45) is 11.7 Å². The Morgan fingerprint density at radius 3 is 3.00 bits per heavy atom. The van der Waals surface area contributed by atoms with Gasteiger partial charge in [0, 0.05) is 17.6 Å². The SMILES string of the molecule is NCC1CCN(C2C=CC=C(c3[nH]nc4ncccc34)C2)CC1. The summed E-state index contributed by atoms with van der Waals surface area (Å²) in [5.74, 6) is 0.705. The third-order valence-electron chi connectivity index (χ3n) is 5.16. The zero-order valence-electron chi connectivity index (χ0n) is 13.3. The van der Waals surface area contributed by atoms with Crippen LogP contribution in [0.4, 0.5) is 0 Å². The summed E-state index contributed by atoms with van der Waals surface area (Å²) < 4.78 is 0. The number of hydrogen-bond acceptors (Lipinski definition) is 4. The van der Waals surface area contributed by atoms with Crippen molar-refractivity contribution < 1.29 is 0 Å². The topological polar surface area (TPSA) is 70.8 Å². The van der Waals surface area contributed by atoms with Crippen molar-refractivity contribution in [1.29, 1.82) is 0 Å². The molecule has 1 fully saturated rings. The number of fused-ring (bicyclic) bond motifs is 1. The van der Waals surface area contributed by atoms with E-state index in [9.17, 15) is 0 Å². The first kappa shape index (κ1) is 14.6. The summed E-state index contributed by atoms with van der Waals surface area (Å²) in [5, 5.41) is 8.60. The summed E-state index contributed by atoms with van der Waals surface area (Å²) in [7, 11) is 0. The minimum atomic E-state index is 0.476. The summed E-state index contributed by atoms with van der Waals surface area (Å²) in [5.41, 5.74) is 9.02. The number of hydrogen-bond donors (Lipinski definition) is 2. The van der Waals surface area contributed by atoms with Crippen molar-refractivity contribution in [1.82, 2.24) is 20.1 Å². The van der Waals surface area contributed by atoms with Crippen LogP contribution in [0.3, 0.4) is 0 Å². The molecule has 4 rings (SSSR count). The molecular formula is C18H23N5. The highest BCUT2D eigenvalue weighted by Crippen LogP contribution is 2.30. The van der Waals surface area contributed by atoms with Gasteiger partial charge in [0.05, 0.1) is 5.69 Å². The molecule has 0 radical (unpaired) electrons. The van der Waals surface area contributed by atoms with Crippen LogP contribution >= 0.6 is 0 Å². The van der Waals surface area contributed by atoms with Crippen LogP contribution in [0.25, 0.3) is 16.6 Å². The minimum Gasteiger partial charge on any atom is -0.330 e. The minimum absolute atomic E-state index is 0.476. The fourth-order valence-electron chi connectivity index (χ4n) is 3.71. The average Bonchev–Trinajstić information content (AvgIpc) is 3.06. The summed E-state index contributed by atoms with van der Waals surface area (Å²) in [6.07, 6.45) is 11.9. The second-order valence-corrected chi connectivity index (χ2v) is 6.54. The Bertz CT molecular complexity index is 737. The van der Waals surface area contributed by atoms with Gasteiger partial charge in [-0.1, -0.05) is 18.2 Å². The van der Waals surface area contributed by atoms with Crippen LogP contribution in [-0.4, -0.2) is 45.8 Å². The van der Waals surface area contributed by atoms with E-state index in [2.05, 4.69) is 44.4 Å². The lowest BCUT2D eigenvalue weighted by Crippen LogP contribution is -2.42. The van der Waals surface area contributed by atoms with E-state index in [4.69, 9.17) is 5.73 Å². The molecule has 5 nitrogen and oxygen atoms in total. The van der Waals surface area contributed by atoms with Gasteiger partial charge in [0.2, 0.25) is 0 Å². The number of H-pyrrole nitrogens is 1. The van der Waals surface area contributed by atoms with Gasteiger partial charge in [0.15, 0.2) is 5.65 Å². The lowest BCUT2D eigenvalue weighted by atomic mass is 9.91. The van der Waals surface area contributed by atoms with Crippen LogP contribution in [0, 0.1) is 5.92 Å². The second-order valence-electron chi connectivity index (χ2n) is 6.54. The third kappa shape index (κ3) is 2.82. The predicted octanol–water partition coefficient (Wildman–Crippen LogP) is 2.34. The summed E-state index contributed by atoms with van der Waals surface area (Å²) >= 11 is 0. The molecule has 0 amide bonds. The van der Waals surface area contributed by atoms with Gasteiger partial charge < -0.3 is 5.73 Å². The maximum absolute atomic E-state index is 5.81. The highest BCUT2D eigenvalue weighted by molar-refractivity contribution is 5.88. The molecule has 1 unspecified atom stereocenters. The molecule has 2 aromatic heterocycles. The largest absolute Gasteiger partial charge is 0.330 e. The van der Waals surface area contributed by atoms with E-state index in [1.807, 2.05) is 6.07 Å². The Hall–Kier alpha value is -1.98. The monoisotopic (exact) mass is 309 g/mol. The Kier molecular flexibility index (Phi) is 3.97. The number of aromatic nitrogens is 3. The number of allylic oxidation sites excluding steroid dienone is 2. The lowest BCUT2D eigenvalue weighted by molar-refractivity contribution is 0.158. The maximum atomic E-state index is 5.81. The van der Waals surface area contributed by atoms with Crippen molar-refractivity contribution in [3.63, 3.8) is 0 Å². The molecule has 1 saturated heterocycles. The standard InChI is InChI=1S/C18H23N5/c19-12-13-6-9-23(10-7-13)15-4-1-3-14(11-15)17-16-5-2-8-20-18(16)22-21-17/h1-5,8,13,15H,6-7,9-12,19H2,(H,20,21,22). The van der Waals surface area contributed by atoms with Crippen LogP contribution in [0.15, 0.2) is 36.6 Å². The molecule has 1 aliphatic heterocycles. The second kappa shape index (κ2) is 6.26. The van der Waals surface area contributed by atoms with Crippen molar-refractivity contribution in [2.45, 2.75) is 25.3 Å². The molecule has 0 saturated carbocycles. The summed E-state index contributed by atoms with van der Waals surface area (Å²) in [6.45, 7) is 3.12. The number of likely N-dealkylation sites (tertiary alicyclic amines) is 1. The van der Waals surface area contributed by atoms with Crippen molar-refractivity contribution in [3.8, 4) is 0 Å². The highest BCUT2D eigenvalue weighted by atomic mass is 15.2. The van der Waals surface area contributed by atoms with Crippen LogP contribution in [0.2, 0.25) is 0 Å². The molecule has 2 aromatic rings. The Morgan fingerprint density at radius 1 is 1.30 bits per heavy atom. The van der Waals surface area contributed by atoms with Gasteiger partial charge in [-0.05, 0) is 62.5 Å². The van der Waals surface area contributed by atoms with Gasteiger partial charge in [-0.15, -0.1) is 0 Å². The number of nitrogens with zero attached hydrogens (tertiary/aromatic N) is 3. The molecule has 1 aliphatic carbocycles. The van der Waals surface area contributed by atoms with E-state index in [0.29, 0.717) is 12.0 Å². The van der Waals surface area contributed by atoms with Crippen LogP contribution < -0.4 is 5.73 Å². The third-order valence-corrected chi connectivity index (χ3v) is 5.16. The number of pyridine rings is 1. The van der Waals surface area contributed by atoms with E-state index in [1.165, 1.54) is 18.4 Å². The van der Waals surface area contributed by atoms with Crippen molar-refractivity contribution in [2.75, 3.05) is 19.6 Å². The van der Waals surface area contributed by atoms with Gasteiger partial charge >= 0.3 is 0 Å². The molecule has 0 spiro atoms. The Labute approximate surface area is 136 Å². The normalized spacial score (nSPS) is 23.3. The number of aromatic amines is 1. The molecule has 5 heteroatoms. The number of nitrogens with one attached hydrogen (secondary N) is 1. The molecule has 23 heavy (non-hydrogen) atoms. The fraction of sp³-hybridized carbons (Fsp3) is 0.444. The van der Waals surface area contributed by atoms with Crippen molar-refractivity contribution >= 4 is 16.6 Å². The molecular weight excluding hydrogens is 286 g/mol. The molecule has 3 N–H and O–H groups in total. The average molecular weight is 309 g/mol. The summed E-state index contributed by atoms with van der Waals surface area (Å²) in [6, 6.07) is 4.53. The van der Waals surface area contributed by atoms with Crippen molar-refractivity contribution in [3.05, 3.63) is 42.3 Å². The number of piperidine rings is 1. The highest BCUT2D eigenvalue weighted by Gasteiger charge is 2.25. The van der Waals surface area contributed by atoms with Gasteiger partial charge in [-0.25, -0.2) is 4.98 Å². The van der Waals surface area contributed by atoms with Crippen LogP contribution in [-0.2, 0) is 0 Å². The molecule has 3 heterocycles. The van der Waals surface area contributed by atoms with E-state index in [-0.39, 0.29) is 0 Å². The van der Waals surface area contributed by atoms with Gasteiger partial charge in [0.1, 0.15) is 0 Å². The van der Waals surface area contributed by atoms with E-state index in [0.717, 1.165) is 42.8 Å². The molecule has 120 valence electrons. The van der Waals surface area contributed by atoms with Crippen LogP contribution in [0.5, 0.6) is 0 Å². The lowest BCUT2D eigenvalue weighted by Gasteiger charge is -2.37. The number of nitrogens with two attached hydrogens (primary N) is 1. The zero-order valence-corrected chi connectivity index (χ0v) is 13.3. The van der Waals surface area contributed by atoms with E-state index in [1.54, 1.807) is 6.20 Å². The van der Waals surface area contributed by atoms with Gasteiger partial charge in [-0.3, -0.25) is 10.00 Å². The summed E-state index contributed by atoms with van der Waals surface area (Å²) in [4.78, 5) is 6.90. The smallest absolute Gasteiger partial charge is 0.181 e. The van der Waals surface area contributed by atoms with Crippen LogP contribution in [0.1, 0.15) is 25.0 Å². The van der Waals surface area contributed by atoms with Gasteiger partial charge in [-0.2, -0.15) is 5.10 Å². The van der Waals surface area contributed by atoms with E-state index < -0.39 is 0 Å². The molecule has 1 atom stereocenters. The molecule has 0 aromatic carbocycles.